The topological polar surface area (TPSA) is 131 Å². The Hall–Kier alpha value is -3.46. The normalized spacial score (nSPS) is 11.5. The molecule has 0 aliphatic rings. The van der Waals surface area contributed by atoms with Crippen LogP contribution in [-0.2, 0) is 21.2 Å². The van der Waals surface area contributed by atoms with Crippen molar-refractivity contribution in [1.82, 2.24) is 10.2 Å². The number of nitriles is 1. The first-order chi connectivity index (χ1) is 15.7. The van der Waals surface area contributed by atoms with E-state index in [4.69, 9.17) is 21.1 Å². The largest absolute Gasteiger partial charge is 0.493 e. The molecule has 3 aromatic rings. The highest BCUT2D eigenvalue weighted by Crippen LogP contribution is 2.37. The van der Waals surface area contributed by atoms with Gasteiger partial charge in [0.15, 0.2) is 11.5 Å². The second kappa shape index (κ2) is 10.4. The molecule has 0 saturated carbocycles. The van der Waals surface area contributed by atoms with Crippen LogP contribution in [0, 0.1) is 11.3 Å². The van der Waals surface area contributed by atoms with E-state index in [0.717, 1.165) is 11.8 Å². The number of sulfone groups is 1. The summed E-state index contributed by atoms with van der Waals surface area (Å²) < 4.78 is 33.9. The Bertz CT molecular complexity index is 1350. The molecule has 0 bridgehead atoms. The highest BCUT2D eigenvalue weighted by molar-refractivity contribution is 7.92. The number of halogens is 1. The lowest BCUT2D eigenvalue weighted by Gasteiger charge is -2.13. The summed E-state index contributed by atoms with van der Waals surface area (Å²) in [5, 5.41) is 19.1. The summed E-state index contributed by atoms with van der Waals surface area (Å²) in [6.45, 7) is 0.273. The van der Waals surface area contributed by atoms with Crippen LogP contribution in [0.15, 0.2) is 52.4 Å². The Morgan fingerprint density at radius 2 is 2.00 bits per heavy atom. The van der Waals surface area contributed by atoms with E-state index in [2.05, 4.69) is 15.5 Å². The van der Waals surface area contributed by atoms with E-state index in [-0.39, 0.29) is 26.7 Å². The van der Waals surface area contributed by atoms with Crippen molar-refractivity contribution in [3.63, 3.8) is 0 Å². The third kappa shape index (κ3) is 6.29. The van der Waals surface area contributed by atoms with Gasteiger partial charge in [-0.15, -0.1) is 10.2 Å². The molecule has 9 nitrogen and oxygen atoms in total. The third-order valence-electron chi connectivity index (χ3n) is 4.10. The van der Waals surface area contributed by atoms with Gasteiger partial charge < -0.3 is 9.47 Å². The predicted octanol–water partition coefficient (Wildman–Crippen LogP) is 3.73. The summed E-state index contributed by atoms with van der Waals surface area (Å²) in [6.07, 6.45) is 2.29. The standard InChI is InChI=1S/C21H17ClN4O5S2/c1-30-17-10-14(9-16(22)18(17)31-12-13-6-4-3-5-7-13)8-15(11-23)19(27)24-20-25-26-21(32-20)33(2,28)29/h3-10H,12H2,1-2H3,(H,24,25,27). The van der Waals surface area contributed by atoms with E-state index in [1.54, 1.807) is 12.1 Å². The predicted molar refractivity (Wildman–Crippen MR) is 124 cm³/mol. The Morgan fingerprint density at radius 3 is 2.61 bits per heavy atom. The lowest BCUT2D eigenvalue weighted by Crippen LogP contribution is -2.13. The minimum Gasteiger partial charge on any atom is -0.493 e. The van der Waals surface area contributed by atoms with Crippen LogP contribution in [0.1, 0.15) is 11.1 Å². The number of benzene rings is 2. The maximum atomic E-state index is 12.5. The first-order valence-electron chi connectivity index (χ1n) is 9.22. The molecular formula is C21H17ClN4O5S2. The number of methoxy groups -OCH3 is 1. The molecular weight excluding hydrogens is 488 g/mol. The Kier molecular flexibility index (Phi) is 7.65. The molecule has 1 aromatic heterocycles. The summed E-state index contributed by atoms with van der Waals surface area (Å²) in [7, 11) is -2.11. The lowest BCUT2D eigenvalue weighted by molar-refractivity contribution is -0.112. The fourth-order valence-electron chi connectivity index (χ4n) is 2.58. The number of carbonyl (C=O) groups excluding carboxylic acids is 1. The molecule has 0 spiro atoms. The fraction of sp³-hybridized carbons (Fsp3) is 0.143. The second-order valence-electron chi connectivity index (χ2n) is 6.58. The molecule has 0 fully saturated rings. The first kappa shape index (κ1) is 24.2. The molecule has 0 aliphatic carbocycles. The van der Waals surface area contributed by atoms with Crippen LogP contribution < -0.4 is 14.8 Å². The van der Waals surface area contributed by atoms with Gasteiger partial charge in [-0.2, -0.15) is 5.26 Å². The number of hydrogen-bond acceptors (Lipinski definition) is 9. The molecule has 0 radical (unpaired) electrons. The Labute approximate surface area is 199 Å². The van der Waals surface area contributed by atoms with Crippen molar-refractivity contribution in [3.05, 3.63) is 64.2 Å². The summed E-state index contributed by atoms with van der Waals surface area (Å²) in [4.78, 5) is 12.5. The molecule has 1 amide bonds. The quantitative estimate of drug-likeness (QED) is 0.279. The average Bonchev–Trinajstić information content (AvgIpc) is 3.26. The van der Waals surface area contributed by atoms with Crippen molar-refractivity contribution < 1.29 is 22.7 Å². The summed E-state index contributed by atoms with van der Waals surface area (Å²) in [5.41, 5.74) is 1.10. The number of nitrogens with zero attached hydrogens (tertiary/aromatic N) is 3. The molecule has 170 valence electrons. The minimum atomic E-state index is -3.56. The molecule has 12 heteroatoms. The van der Waals surface area contributed by atoms with Crippen molar-refractivity contribution in [2.24, 2.45) is 0 Å². The second-order valence-corrected chi connectivity index (χ2v) is 10.2. The van der Waals surface area contributed by atoms with Crippen LogP contribution in [0.5, 0.6) is 11.5 Å². The zero-order valence-electron chi connectivity index (χ0n) is 17.4. The molecule has 0 atom stereocenters. The molecule has 33 heavy (non-hydrogen) atoms. The van der Waals surface area contributed by atoms with Crippen molar-refractivity contribution in [3.8, 4) is 17.6 Å². The van der Waals surface area contributed by atoms with Crippen molar-refractivity contribution in [1.29, 1.82) is 5.26 Å². The number of nitrogens with one attached hydrogen (secondary N) is 1. The van der Waals surface area contributed by atoms with Crippen LogP contribution in [0.25, 0.3) is 6.08 Å². The Morgan fingerprint density at radius 1 is 1.27 bits per heavy atom. The number of anilines is 1. The fourth-order valence-corrected chi connectivity index (χ4v) is 4.36. The number of carbonyl (C=O) groups is 1. The highest BCUT2D eigenvalue weighted by Gasteiger charge is 2.18. The van der Waals surface area contributed by atoms with Crippen LogP contribution in [0.3, 0.4) is 0 Å². The zero-order chi connectivity index (χ0) is 24.0. The molecule has 2 aromatic carbocycles. The van der Waals surface area contributed by atoms with E-state index in [9.17, 15) is 18.5 Å². The van der Waals surface area contributed by atoms with Gasteiger partial charge in [0.2, 0.25) is 19.3 Å². The molecule has 0 aliphatic heterocycles. The van der Waals surface area contributed by atoms with Gasteiger partial charge >= 0.3 is 0 Å². The first-order valence-corrected chi connectivity index (χ1v) is 12.3. The Balaban J connectivity index is 1.81. The minimum absolute atomic E-state index is 0.0538. The molecule has 1 N–H and O–H groups in total. The average molecular weight is 505 g/mol. The van der Waals surface area contributed by atoms with Gasteiger partial charge in [0.05, 0.1) is 12.1 Å². The molecule has 0 saturated heterocycles. The number of hydrogen-bond donors (Lipinski definition) is 1. The van der Waals surface area contributed by atoms with Gasteiger partial charge in [-0.3, -0.25) is 10.1 Å². The van der Waals surface area contributed by atoms with E-state index < -0.39 is 15.7 Å². The highest BCUT2D eigenvalue weighted by atomic mass is 35.5. The van der Waals surface area contributed by atoms with Gasteiger partial charge in [-0.05, 0) is 29.3 Å². The lowest BCUT2D eigenvalue weighted by atomic mass is 10.1. The van der Waals surface area contributed by atoms with Gasteiger partial charge in [0.25, 0.3) is 5.91 Å². The van der Waals surface area contributed by atoms with Gasteiger partial charge in [-0.1, -0.05) is 53.3 Å². The molecule has 3 rings (SSSR count). The van der Waals surface area contributed by atoms with Crippen molar-refractivity contribution >= 4 is 49.9 Å². The van der Waals surface area contributed by atoms with E-state index in [0.29, 0.717) is 28.4 Å². The summed E-state index contributed by atoms with van der Waals surface area (Å²) in [6, 6.07) is 14.4. The van der Waals surface area contributed by atoms with E-state index >= 15 is 0 Å². The van der Waals surface area contributed by atoms with Crippen molar-refractivity contribution in [2.75, 3.05) is 18.7 Å². The maximum Gasteiger partial charge on any atom is 0.268 e. The SMILES string of the molecule is COc1cc(C=C(C#N)C(=O)Nc2nnc(S(C)(=O)=O)s2)cc(Cl)c1OCc1ccccc1. The number of amides is 1. The summed E-state index contributed by atoms with van der Waals surface area (Å²) >= 11 is 7.05. The van der Waals surface area contributed by atoms with E-state index in [1.807, 2.05) is 30.3 Å². The number of rotatable bonds is 8. The number of ether oxygens (including phenoxy) is 2. The van der Waals surface area contributed by atoms with Gasteiger partial charge in [-0.25, -0.2) is 8.42 Å². The van der Waals surface area contributed by atoms with Crippen LogP contribution in [0.4, 0.5) is 5.13 Å². The zero-order valence-corrected chi connectivity index (χ0v) is 19.8. The van der Waals surface area contributed by atoms with Gasteiger partial charge in [0.1, 0.15) is 18.2 Å². The van der Waals surface area contributed by atoms with Gasteiger partial charge in [0, 0.05) is 6.26 Å². The van der Waals surface area contributed by atoms with Crippen LogP contribution >= 0.6 is 22.9 Å². The monoisotopic (exact) mass is 504 g/mol. The summed E-state index contributed by atoms with van der Waals surface area (Å²) in [5.74, 6) is -0.136. The smallest absolute Gasteiger partial charge is 0.268 e. The van der Waals surface area contributed by atoms with E-state index in [1.165, 1.54) is 19.3 Å². The number of aromatic nitrogens is 2. The van der Waals surface area contributed by atoms with Crippen LogP contribution in [-0.4, -0.2) is 37.9 Å². The van der Waals surface area contributed by atoms with Crippen LogP contribution in [0.2, 0.25) is 5.02 Å². The maximum absolute atomic E-state index is 12.5. The third-order valence-corrected chi connectivity index (χ3v) is 6.89. The molecule has 1 heterocycles. The molecule has 0 unspecified atom stereocenters. The van der Waals surface area contributed by atoms with Crippen molar-refractivity contribution in [2.45, 2.75) is 10.9 Å².